The molecule has 62 heavy (non-hydrogen) atoms. The number of nitrogens with zero attached hydrogens (tertiary/aromatic N) is 5. The van der Waals surface area contributed by atoms with Gasteiger partial charge in [-0.2, -0.15) is 18.2 Å². The van der Waals surface area contributed by atoms with Crippen molar-refractivity contribution >= 4 is 28.9 Å². The molecular formula is C44H46F5N5O8. The Morgan fingerprint density at radius 3 is 1.95 bits per heavy atom. The fourth-order valence-corrected chi connectivity index (χ4v) is 7.10. The third kappa shape index (κ3) is 11.6. The largest absolute Gasteiger partial charge is 0.479 e. The van der Waals surface area contributed by atoms with Gasteiger partial charge in [-0.1, -0.05) is 48.5 Å². The van der Waals surface area contributed by atoms with E-state index in [1.54, 1.807) is 16.7 Å². The Bertz CT molecular complexity index is 2410. The van der Waals surface area contributed by atoms with Gasteiger partial charge in [0.05, 0.1) is 10.9 Å². The summed E-state index contributed by atoms with van der Waals surface area (Å²) in [5.74, 6) is -5.47. The molecule has 1 fully saturated rings. The van der Waals surface area contributed by atoms with Crippen LogP contribution in [0.5, 0.6) is 0 Å². The molecule has 0 spiro atoms. The average molecular weight is 868 g/mol. The quantitative estimate of drug-likeness (QED) is 0.113. The first-order valence-electron chi connectivity index (χ1n) is 19.6. The van der Waals surface area contributed by atoms with Crippen molar-refractivity contribution in [1.29, 1.82) is 0 Å². The van der Waals surface area contributed by atoms with Crippen LogP contribution in [0.4, 0.5) is 22.0 Å². The van der Waals surface area contributed by atoms with Crippen LogP contribution in [-0.2, 0) is 46.5 Å². The van der Waals surface area contributed by atoms with E-state index in [0.29, 0.717) is 5.56 Å². The zero-order valence-corrected chi connectivity index (χ0v) is 34.0. The molecule has 0 aliphatic carbocycles. The number of alkyl halides is 3. The minimum absolute atomic E-state index is 0.0316. The number of aryl methyl sites for hydroxylation is 2. The van der Waals surface area contributed by atoms with Crippen molar-refractivity contribution in [2.75, 3.05) is 13.1 Å². The number of aromatic nitrogens is 3. The number of likely N-dealkylation sites (tertiary alicyclic amines) is 1. The molecule has 0 saturated carbocycles. The van der Waals surface area contributed by atoms with E-state index in [1.807, 2.05) is 29.2 Å². The fourth-order valence-electron chi connectivity index (χ4n) is 7.10. The van der Waals surface area contributed by atoms with Crippen LogP contribution in [0.25, 0.3) is 22.2 Å². The van der Waals surface area contributed by atoms with Crippen LogP contribution < -0.4 is 5.56 Å². The third-order valence-electron chi connectivity index (χ3n) is 10.6. The summed E-state index contributed by atoms with van der Waals surface area (Å²) in [5, 5.41) is 32.8. The summed E-state index contributed by atoms with van der Waals surface area (Å²) >= 11 is 0. The predicted octanol–water partition coefficient (Wildman–Crippen LogP) is 5.71. The Labute approximate surface area is 352 Å². The summed E-state index contributed by atoms with van der Waals surface area (Å²) in [6.07, 6.45) is -5.85. The average Bonchev–Trinajstić information content (AvgIpc) is 3.23. The van der Waals surface area contributed by atoms with E-state index in [9.17, 15) is 41.1 Å². The van der Waals surface area contributed by atoms with Gasteiger partial charge in [-0.3, -0.25) is 14.5 Å². The molecule has 0 radical (unpaired) electrons. The molecule has 1 saturated heterocycles. The van der Waals surface area contributed by atoms with E-state index in [4.69, 9.17) is 20.4 Å². The Hall–Kier alpha value is -6.11. The Kier molecular flexibility index (Phi) is 14.9. The number of carboxylic acids is 2. The van der Waals surface area contributed by atoms with Crippen molar-refractivity contribution in [3.8, 4) is 11.1 Å². The number of carbonyl (C=O) groups excluding carboxylic acids is 1. The number of aliphatic hydroxyl groups excluding tert-OH is 2. The van der Waals surface area contributed by atoms with E-state index in [0.717, 1.165) is 55.3 Å². The summed E-state index contributed by atoms with van der Waals surface area (Å²) < 4.78 is 69.4. The molecule has 330 valence electrons. The predicted molar refractivity (Wildman–Crippen MR) is 217 cm³/mol. The van der Waals surface area contributed by atoms with Crippen LogP contribution in [0.3, 0.4) is 0 Å². The summed E-state index contributed by atoms with van der Waals surface area (Å²) in [7, 11) is 0. The molecule has 1 aliphatic rings. The number of hydrogen-bond donors (Lipinski definition) is 4. The number of rotatable bonds is 12. The lowest BCUT2D eigenvalue weighted by atomic mass is 9.96. The van der Waals surface area contributed by atoms with E-state index >= 15 is 0 Å². The molecule has 4 N–H and O–H groups in total. The van der Waals surface area contributed by atoms with Gasteiger partial charge in [0.1, 0.15) is 18.0 Å². The number of fused-ring (bicyclic) bond motifs is 1. The molecule has 0 bridgehead atoms. The fraction of sp³-hybridized carbons (Fsp3) is 0.364. The van der Waals surface area contributed by atoms with Gasteiger partial charge in [0.2, 0.25) is 5.91 Å². The number of aliphatic carboxylic acids is 2. The highest BCUT2D eigenvalue weighted by molar-refractivity contribution is 5.83. The molecule has 6 rings (SSSR count). The van der Waals surface area contributed by atoms with Crippen LogP contribution in [-0.4, -0.2) is 99.5 Å². The molecule has 1 amide bonds. The van der Waals surface area contributed by atoms with E-state index in [1.165, 1.54) is 30.5 Å². The monoisotopic (exact) mass is 867 g/mol. The molecule has 18 heteroatoms. The maximum Gasteiger partial charge on any atom is 0.416 e. The number of aliphatic hydroxyl groups is 2. The minimum atomic E-state index is -4.42. The Morgan fingerprint density at radius 2 is 1.40 bits per heavy atom. The van der Waals surface area contributed by atoms with E-state index in [-0.39, 0.29) is 65.8 Å². The van der Waals surface area contributed by atoms with Gasteiger partial charge in [0, 0.05) is 43.8 Å². The third-order valence-corrected chi connectivity index (χ3v) is 10.6. The first-order valence-corrected chi connectivity index (χ1v) is 19.6. The van der Waals surface area contributed by atoms with Crippen LogP contribution >= 0.6 is 0 Å². The lowest BCUT2D eigenvalue weighted by Gasteiger charge is -2.44. The van der Waals surface area contributed by atoms with Gasteiger partial charge in [-0.05, 0) is 92.6 Å². The van der Waals surface area contributed by atoms with Gasteiger partial charge < -0.3 is 29.9 Å². The molecule has 13 nitrogen and oxygen atoms in total. The number of amides is 1. The van der Waals surface area contributed by atoms with E-state index < -0.39 is 53.1 Å². The number of halogens is 5. The topological polar surface area (TPSA) is 186 Å². The highest BCUT2D eigenvalue weighted by Gasteiger charge is 2.33. The Balaban J connectivity index is 0.000000646. The number of carboxylic acid groups (broad SMARTS) is 2. The lowest BCUT2D eigenvalue weighted by Crippen LogP contribution is -2.52. The highest BCUT2D eigenvalue weighted by Crippen LogP contribution is 2.32. The van der Waals surface area contributed by atoms with Crippen LogP contribution in [0, 0.1) is 11.6 Å². The standard InChI is InChI=1S/C40H40F5N5O2.C4H6O6/c1-39(2,3)48-22-19-31(20-23-48)49(24-26-9-11-27(12-10-26)28-13-16-30(17-14-28)40(43,44)45)35(51)25-50-34(18-15-29-6-4-8-33(41)36(29)42)47-38(52)32-7-5-21-46-37(32)50;5-1(3(7)8)2(6)4(9)10/h4-14,16-17,21,31H,15,18-20,22-25H2,1-3H3;1-2,5-6H,(H,7,8)(H,9,10)/t;1-,2-/m.1/s1. The number of carbonyl (C=O) groups is 3. The van der Waals surface area contributed by atoms with Gasteiger partial charge in [-0.15, -0.1) is 0 Å². The zero-order chi connectivity index (χ0) is 45.5. The molecule has 3 aromatic carbocycles. The van der Waals surface area contributed by atoms with Gasteiger partial charge >= 0.3 is 18.1 Å². The molecule has 3 heterocycles. The minimum Gasteiger partial charge on any atom is -0.479 e. The first kappa shape index (κ1) is 46.9. The lowest BCUT2D eigenvalue weighted by molar-refractivity contribution is -0.165. The molecule has 5 aromatic rings. The number of hydrogen-bond acceptors (Lipinski definition) is 9. The molecule has 1 aliphatic heterocycles. The zero-order valence-electron chi connectivity index (χ0n) is 34.0. The second-order valence-electron chi connectivity index (χ2n) is 15.8. The van der Waals surface area contributed by atoms with Crippen molar-refractivity contribution in [1.82, 2.24) is 24.3 Å². The first-order chi connectivity index (χ1) is 29.1. The highest BCUT2D eigenvalue weighted by atomic mass is 19.4. The summed E-state index contributed by atoms with van der Waals surface area (Å²) in [6, 6.07) is 19.4. The van der Waals surface area contributed by atoms with Crippen molar-refractivity contribution in [3.05, 3.63) is 130 Å². The van der Waals surface area contributed by atoms with E-state index in [2.05, 4.69) is 35.6 Å². The maximum atomic E-state index is 14.6. The van der Waals surface area contributed by atoms with Gasteiger partial charge in [-0.25, -0.2) is 23.4 Å². The summed E-state index contributed by atoms with van der Waals surface area (Å²) in [6.45, 7) is 8.14. The van der Waals surface area contributed by atoms with Crippen LogP contribution in [0.15, 0.2) is 89.9 Å². The molecule has 2 atom stereocenters. The number of benzene rings is 3. The molecule has 0 unspecified atom stereocenters. The maximum absolute atomic E-state index is 14.6. The molecule has 2 aromatic heterocycles. The van der Waals surface area contributed by atoms with Crippen molar-refractivity contribution in [3.63, 3.8) is 0 Å². The normalized spacial score (nSPS) is 14.7. The smallest absolute Gasteiger partial charge is 0.416 e. The molecular weight excluding hydrogens is 822 g/mol. The SMILES string of the molecule is CC(C)(C)N1CCC(N(Cc2ccc(-c3ccc(C(F)(F)F)cc3)cc2)C(=O)Cn2c(CCc3cccc(F)c3F)nc(=O)c3cccnc32)CC1.O=C(O)[C@H](O)[C@@H](O)C(=O)O. The number of pyridine rings is 1. The van der Waals surface area contributed by atoms with Crippen molar-refractivity contribution in [2.45, 2.75) is 89.5 Å². The van der Waals surface area contributed by atoms with Gasteiger partial charge in [0.25, 0.3) is 5.56 Å². The summed E-state index contributed by atoms with van der Waals surface area (Å²) in [4.78, 5) is 60.1. The van der Waals surface area contributed by atoms with Crippen LogP contribution in [0.1, 0.15) is 56.1 Å². The van der Waals surface area contributed by atoms with Crippen molar-refractivity contribution < 1.29 is 56.8 Å². The van der Waals surface area contributed by atoms with Crippen molar-refractivity contribution in [2.24, 2.45) is 0 Å². The van der Waals surface area contributed by atoms with Crippen LogP contribution in [0.2, 0.25) is 0 Å². The van der Waals surface area contributed by atoms with Gasteiger partial charge in [0.15, 0.2) is 23.8 Å². The summed E-state index contributed by atoms with van der Waals surface area (Å²) in [5.41, 5.74) is 1.34. The second kappa shape index (κ2) is 19.7. The Morgan fingerprint density at radius 1 is 0.823 bits per heavy atom. The number of piperidine rings is 1. The second-order valence-corrected chi connectivity index (χ2v) is 15.8.